The molecule has 0 aromatic rings. The Balaban J connectivity index is 1.62. The fourth-order valence-electron chi connectivity index (χ4n) is 10.2. The Labute approximate surface area is 238 Å². The summed E-state index contributed by atoms with van der Waals surface area (Å²) in [5.74, 6) is -0.560. The zero-order chi connectivity index (χ0) is 29.3. The van der Waals surface area contributed by atoms with Crippen LogP contribution in [0.15, 0.2) is 23.3 Å². The second kappa shape index (κ2) is 9.63. The van der Waals surface area contributed by atoms with Crippen LogP contribution in [-0.4, -0.2) is 45.2 Å². The van der Waals surface area contributed by atoms with Crippen LogP contribution in [-0.2, 0) is 28.6 Å². The molecule has 5 aliphatic rings. The molecule has 5 rings (SSSR count). The number of ketones is 2. The van der Waals surface area contributed by atoms with Crippen LogP contribution >= 0.6 is 0 Å². The first-order valence-corrected chi connectivity index (χ1v) is 14.8. The molecule has 7 heteroatoms. The van der Waals surface area contributed by atoms with Gasteiger partial charge in [0, 0.05) is 18.4 Å². The lowest BCUT2D eigenvalue weighted by molar-refractivity contribution is -0.178. The molecule has 3 unspecified atom stereocenters. The number of hydrogen-bond acceptors (Lipinski definition) is 7. The Hall–Kier alpha value is -2.30. The molecule has 218 valence electrons. The highest BCUT2D eigenvalue weighted by Crippen LogP contribution is 2.70. The van der Waals surface area contributed by atoms with Crippen molar-refractivity contribution in [3.8, 4) is 6.07 Å². The van der Waals surface area contributed by atoms with Crippen molar-refractivity contribution in [1.82, 2.24) is 0 Å². The van der Waals surface area contributed by atoms with Crippen LogP contribution in [0.2, 0.25) is 0 Å². The van der Waals surface area contributed by atoms with E-state index in [0.29, 0.717) is 0 Å². The molecule has 8 atom stereocenters. The third-order valence-corrected chi connectivity index (χ3v) is 12.1. The summed E-state index contributed by atoms with van der Waals surface area (Å²) >= 11 is 0. The number of hydrogen-bond donors (Lipinski definition) is 0. The van der Waals surface area contributed by atoms with Gasteiger partial charge >= 0.3 is 5.97 Å². The number of esters is 1. The summed E-state index contributed by atoms with van der Waals surface area (Å²) < 4.78 is 16.2. The molecule has 0 saturated heterocycles. The lowest BCUT2D eigenvalue weighted by Gasteiger charge is -2.64. The molecule has 3 saturated carbocycles. The Morgan fingerprint density at radius 1 is 1.02 bits per heavy atom. The van der Waals surface area contributed by atoms with Gasteiger partial charge in [-0.1, -0.05) is 39.3 Å². The molecule has 0 radical (unpaired) electrons. The molecule has 0 N–H and O–H groups in total. The molecular weight excluding hydrogens is 506 g/mol. The predicted octanol–water partition coefficient (Wildman–Crippen LogP) is 5.59. The quantitative estimate of drug-likeness (QED) is 0.249. The number of Topliss-reactive ketones (excluding diaryl/α,β-unsaturated/α-hetero) is 1. The summed E-state index contributed by atoms with van der Waals surface area (Å²) in [6.07, 6.45) is 9.40. The molecule has 3 fully saturated rings. The smallest absolute Gasteiger partial charge is 0.312 e. The normalized spacial score (nSPS) is 43.6. The summed E-state index contributed by atoms with van der Waals surface area (Å²) in [5, 5.41) is 10.0. The van der Waals surface area contributed by atoms with Crippen molar-refractivity contribution in [1.29, 1.82) is 5.26 Å². The second-order valence-corrected chi connectivity index (χ2v) is 14.7. The third-order valence-electron chi connectivity index (χ3n) is 12.1. The standard InChI is InChI=1S/C33H45NO6/c1-29(2)12-13-33(28(37)39-7)11-8-21-26(22(33)16-29)23(35)14-25-30(21,3)10-9-24-31(25,4)15-20(17-34)27(36)32(24,5)18-40-19-38-6/h14-15,21-22,24,26H,8-13,16,18-19H2,1-7H3/t21?,22?,24-,26?,30+,31+,32+,33-/m1/s1. The molecule has 40 heavy (non-hydrogen) atoms. The van der Waals surface area contributed by atoms with Crippen LogP contribution in [0.5, 0.6) is 0 Å². The van der Waals surface area contributed by atoms with Crippen molar-refractivity contribution in [2.45, 2.75) is 79.6 Å². The van der Waals surface area contributed by atoms with Gasteiger partial charge in [0.15, 0.2) is 11.6 Å². The summed E-state index contributed by atoms with van der Waals surface area (Å²) in [5.41, 5.74) is -1.19. The molecule has 0 amide bonds. The fraction of sp³-hybridized carbons (Fsp3) is 0.758. The Morgan fingerprint density at radius 2 is 1.75 bits per heavy atom. The van der Waals surface area contributed by atoms with Crippen LogP contribution < -0.4 is 0 Å². The van der Waals surface area contributed by atoms with Gasteiger partial charge in [-0.25, -0.2) is 0 Å². The van der Waals surface area contributed by atoms with Crippen LogP contribution in [0.25, 0.3) is 0 Å². The van der Waals surface area contributed by atoms with E-state index >= 15 is 0 Å². The molecule has 7 nitrogen and oxygen atoms in total. The highest BCUT2D eigenvalue weighted by atomic mass is 16.7. The molecule has 0 aromatic carbocycles. The Morgan fingerprint density at radius 3 is 2.40 bits per heavy atom. The maximum atomic E-state index is 14.3. The Bertz CT molecular complexity index is 1230. The summed E-state index contributed by atoms with van der Waals surface area (Å²) in [4.78, 5) is 41.3. The van der Waals surface area contributed by atoms with E-state index in [0.717, 1.165) is 50.5 Å². The number of methoxy groups -OCH3 is 2. The van der Waals surface area contributed by atoms with Gasteiger partial charge in [0.25, 0.3) is 0 Å². The molecule has 0 spiro atoms. The number of ether oxygens (including phenoxy) is 3. The molecular formula is C33H45NO6. The van der Waals surface area contributed by atoms with Crippen LogP contribution in [0.4, 0.5) is 0 Å². The summed E-state index contributed by atoms with van der Waals surface area (Å²) in [6.45, 7) is 11.0. The minimum atomic E-state index is -0.908. The second-order valence-electron chi connectivity index (χ2n) is 14.7. The van der Waals surface area contributed by atoms with Crippen LogP contribution in [0.3, 0.4) is 0 Å². The molecule has 0 aromatic heterocycles. The molecule has 0 aliphatic heterocycles. The topological polar surface area (TPSA) is 103 Å². The maximum absolute atomic E-state index is 14.3. The van der Waals surface area contributed by atoms with Crippen molar-refractivity contribution < 1.29 is 28.6 Å². The van der Waals surface area contributed by atoms with Crippen LogP contribution in [0, 0.1) is 62.1 Å². The van der Waals surface area contributed by atoms with E-state index < -0.39 is 16.2 Å². The van der Waals surface area contributed by atoms with E-state index in [4.69, 9.17) is 14.2 Å². The lowest BCUT2D eigenvalue weighted by atomic mass is 9.38. The van der Waals surface area contributed by atoms with Crippen LogP contribution in [0.1, 0.15) is 79.6 Å². The number of rotatable bonds is 5. The number of carbonyl (C=O) groups excluding carboxylic acids is 3. The van der Waals surface area contributed by atoms with Gasteiger partial charge in [0.1, 0.15) is 12.9 Å². The van der Waals surface area contributed by atoms with Gasteiger partial charge in [-0.05, 0) is 86.5 Å². The minimum absolute atomic E-state index is 0.0527. The van der Waals surface area contributed by atoms with E-state index in [9.17, 15) is 19.6 Å². The highest BCUT2D eigenvalue weighted by molar-refractivity contribution is 6.05. The highest BCUT2D eigenvalue weighted by Gasteiger charge is 2.67. The van der Waals surface area contributed by atoms with Gasteiger partial charge in [0.05, 0.1) is 30.1 Å². The average Bonchev–Trinajstić information content (AvgIpc) is 2.91. The first-order valence-electron chi connectivity index (χ1n) is 14.8. The predicted molar refractivity (Wildman–Crippen MR) is 148 cm³/mol. The maximum Gasteiger partial charge on any atom is 0.312 e. The van der Waals surface area contributed by atoms with Gasteiger partial charge in [-0.3, -0.25) is 14.4 Å². The monoisotopic (exact) mass is 551 g/mol. The minimum Gasteiger partial charge on any atom is -0.469 e. The van der Waals surface area contributed by atoms with Crippen molar-refractivity contribution in [2.75, 3.05) is 27.6 Å². The van der Waals surface area contributed by atoms with E-state index in [1.54, 1.807) is 7.11 Å². The zero-order valence-corrected chi connectivity index (χ0v) is 25.2. The SMILES string of the molecule is COCOC[C@]1(C)C(=O)C(C#N)=C[C@]2(C)C3=CC(=O)C4C5CC(C)(C)CC[C@]5(C(=O)OC)CCC4[C@]3(C)CC[C@H]21. The number of allylic oxidation sites excluding steroid dienone is 4. The summed E-state index contributed by atoms with van der Waals surface area (Å²) in [6, 6.07) is 2.16. The lowest BCUT2D eigenvalue weighted by Crippen LogP contribution is -2.62. The fourth-order valence-corrected chi connectivity index (χ4v) is 10.2. The van der Waals surface area contributed by atoms with E-state index in [-0.39, 0.29) is 71.0 Å². The number of nitriles is 1. The van der Waals surface area contributed by atoms with Gasteiger partial charge < -0.3 is 14.2 Å². The van der Waals surface area contributed by atoms with Crippen molar-refractivity contribution in [3.63, 3.8) is 0 Å². The first-order chi connectivity index (χ1) is 18.7. The molecule has 0 heterocycles. The zero-order valence-electron chi connectivity index (χ0n) is 25.2. The average molecular weight is 552 g/mol. The number of nitrogens with zero attached hydrogens (tertiary/aromatic N) is 1. The van der Waals surface area contributed by atoms with Crippen molar-refractivity contribution in [3.05, 3.63) is 23.3 Å². The van der Waals surface area contributed by atoms with E-state index in [1.807, 2.05) is 19.1 Å². The van der Waals surface area contributed by atoms with Crippen molar-refractivity contribution in [2.24, 2.45) is 50.7 Å². The summed E-state index contributed by atoms with van der Waals surface area (Å²) in [7, 11) is 3.02. The third kappa shape index (κ3) is 3.92. The van der Waals surface area contributed by atoms with Gasteiger partial charge in [0.2, 0.25) is 0 Å². The van der Waals surface area contributed by atoms with Gasteiger partial charge in [-0.15, -0.1) is 0 Å². The van der Waals surface area contributed by atoms with E-state index in [2.05, 4.69) is 33.8 Å². The molecule has 0 bridgehead atoms. The number of fused-ring (bicyclic) bond motifs is 7. The first kappa shape index (κ1) is 29.2. The molecule has 5 aliphatic carbocycles. The number of carbonyl (C=O) groups is 3. The van der Waals surface area contributed by atoms with Gasteiger partial charge in [-0.2, -0.15) is 5.26 Å². The van der Waals surface area contributed by atoms with E-state index in [1.165, 1.54) is 7.11 Å². The largest absolute Gasteiger partial charge is 0.469 e. The van der Waals surface area contributed by atoms with Crippen molar-refractivity contribution >= 4 is 17.5 Å². The Kier molecular flexibility index (Phi) is 7.03.